The molecule has 3 fully saturated rings. The van der Waals surface area contributed by atoms with Crippen LogP contribution in [0, 0.1) is 17.8 Å². The van der Waals surface area contributed by atoms with Crippen LogP contribution in [0.5, 0.6) is 0 Å². The van der Waals surface area contributed by atoms with Gasteiger partial charge in [-0.1, -0.05) is 25.3 Å². The smallest absolute Gasteiger partial charge is 0.334 e. The fraction of sp³-hybridized carbons (Fsp3) is 0.529. The lowest BCUT2D eigenvalue weighted by molar-refractivity contribution is -0.145. The molecule has 1 heterocycles. The molecule has 3 aliphatic rings. The number of fused-ring (bicyclic) bond motifs is 3. The van der Waals surface area contributed by atoms with E-state index in [1.165, 1.54) is 6.92 Å². The molecule has 5 heteroatoms. The summed E-state index contributed by atoms with van der Waals surface area (Å²) in [5.74, 6) is -1.49. The van der Waals surface area contributed by atoms with E-state index in [0.717, 1.165) is 11.1 Å². The molecule has 2 saturated carbocycles. The van der Waals surface area contributed by atoms with Crippen LogP contribution in [-0.4, -0.2) is 35.4 Å². The highest BCUT2D eigenvalue weighted by Gasteiger charge is 2.56. The van der Waals surface area contributed by atoms with Crippen molar-refractivity contribution in [1.82, 2.24) is 0 Å². The predicted octanol–water partition coefficient (Wildman–Crippen LogP) is 1.53. The quantitative estimate of drug-likeness (QED) is 0.452. The third kappa shape index (κ3) is 2.11. The van der Waals surface area contributed by atoms with Crippen molar-refractivity contribution in [2.75, 3.05) is 0 Å². The molecule has 0 aromatic heterocycles. The molecule has 0 bridgehead atoms. The van der Waals surface area contributed by atoms with Gasteiger partial charge in [-0.2, -0.15) is 0 Å². The number of hydrogen-bond donors (Lipinski definition) is 1. The van der Waals surface area contributed by atoms with E-state index in [0.29, 0.717) is 18.4 Å². The Hall–Kier alpha value is -1.88. The number of carbonyl (C=O) groups is 2. The highest BCUT2D eigenvalue weighted by Crippen LogP contribution is 2.52. The van der Waals surface area contributed by atoms with Crippen LogP contribution in [0.25, 0.3) is 0 Å². The summed E-state index contributed by atoms with van der Waals surface area (Å²) in [6.45, 7) is 13.3. The summed E-state index contributed by atoms with van der Waals surface area (Å²) >= 11 is 0. The fourth-order valence-electron chi connectivity index (χ4n) is 4.09. The average molecular weight is 304 g/mol. The van der Waals surface area contributed by atoms with Gasteiger partial charge in [0.25, 0.3) is 0 Å². The van der Waals surface area contributed by atoms with Gasteiger partial charge in [0, 0.05) is 18.4 Å². The van der Waals surface area contributed by atoms with Crippen molar-refractivity contribution in [2.45, 2.75) is 38.1 Å². The molecule has 118 valence electrons. The summed E-state index contributed by atoms with van der Waals surface area (Å²) in [7, 11) is 0. The minimum atomic E-state index is -0.734. The van der Waals surface area contributed by atoms with Gasteiger partial charge >= 0.3 is 11.9 Å². The van der Waals surface area contributed by atoms with Gasteiger partial charge in [0.2, 0.25) is 0 Å². The highest BCUT2D eigenvalue weighted by atomic mass is 16.6. The maximum atomic E-state index is 11.9. The molecule has 0 radical (unpaired) electrons. The van der Waals surface area contributed by atoms with E-state index in [1.54, 1.807) is 0 Å². The molecule has 2 aliphatic carbocycles. The second-order valence-corrected chi connectivity index (χ2v) is 6.39. The Morgan fingerprint density at radius 2 is 2.00 bits per heavy atom. The SMILES string of the molecule is C=C1CC(O)C2C(=C)C(=O)OC2C2C(=C)C(OC(C)=O)CC12. The van der Waals surface area contributed by atoms with Crippen LogP contribution >= 0.6 is 0 Å². The molecule has 0 aromatic carbocycles. The Labute approximate surface area is 129 Å². The van der Waals surface area contributed by atoms with E-state index >= 15 is 0 Å². The van der Waals surface area contributed by atoms with Crippen LogP contribution in [0.3, 0.4) is 0 Å². The summed E-state index contributed by atoms with van der Waals surface area (Å²) in [6, 6.07) is 0. The standard InChI is InChI=1S/C17H20O5/c1-7-5-12(19)15-9(3)17(20)22-16(15)14-8(2)13(6-11(7)14)21-10(4)18/h11-16,19H,1-3,5-6H2,4H3. The van der Waals surface area contributed by atoms with Crippen molar-refractivity contribution >= 4 is 11.9 Å². The monoisotopic (exact) mass is 304 g/mol. The van der Waals surface area contributed by atoms with Gasteiger partial charge in [-0.25, -0.2) is 4.79 Å². The summed E-state index contributed by atoms with van der Waals surface area (Å²) in [5.41, 5.74) is 1.91. The first-order valence-corrected chi connectivity index (χ1v) is 7.42. The fourth-order valence-corrected chi connectivity index (χ4v) is 4.09. The molecular weight excluding hydrogens is 284 g/mol. The van der Waals surface area contributed by atoms with Crippen molar-refractivity contribution in [1.29, 1.82) is 0 Å². The maximum absolute atomic E-state index is 11.9. The van der Waals surface area contributed by atoms with E-state index in [1.807, 2.05) is 0 Å². The Bertz CT molecular complexity index is 590. The molecule has 3 rings (SSSR count). The number of aliphatic hydroxyl groups excluding tert-OH is 1. The molecule has 22 heavy (non-hydrogen) atoms. The Kier molecular flexibility index (Phi) is 3.48. The Morgan fingerprint density at radius 3 is 2.64 bits per heavy atom. The first-order valence-electron chi connectivity index (χ1n) is 7.42. The zero-order valence-corrected chi connectivity index (χ0v) is 12.6. The zero-order valence-electron chi connectivity index (χ0n) is 12.6. The third-order valence-electron chi connectivity index (χ3n) is 5.08. The van der Waals surface area contributed by atoms with Gasteiger partial charge in [-0.05, 0) is 24.3 Å². The molecule has 6 unspecified atom stereocenters. The van der Waals surface area contributed by atoms with Gasteiger partial charge in [0.15, 0.2) is 0 Å². The van der Waals surface area contributed by atoms with Crippen molar-refractivity contribution in [3.05, 3.63) is 36.5 Å². The normalized spacial score (nSPS) is 40.8. The van der Waals surface area contributed by atoms with Gasteiger partial charge in [-0.3, -0.25) is 4.79 Å². The van der Waals surface area contributed by atoms with Crippen LogP contribution in [-0.2, 0) is 19.1 Å². The van der Waals surface area contributed by atoms with Crippen molar-refractivity contribution in [2.24, 2.45) is 17.8 Å². The van der Waals surface area contributed by atoms with Crippen LogP contribution < -0.4 is 0 Å². The molecule has 0 aromatic rings. The lowest BCUT2D eigenvalue weighted by Gasteiger charge is -2.26. The van der Waals surface area contributed by atoms with Crippen molar-refractivity contribution in [3.8, 4) is 0 Å². The predicted molar refractivity (Wildman–Crippen MR) is 78.6 cm³/mol. The molecule has 1 saturated heterocycles. The van der Waals surface area contributed by atoms with E-state index in [-0.39, 0.29) is 17.8 Å². The first kappa shape index (κ1) is 15.0. The summed E-state index contributed by atoms with van der Waals surface area (Å²) in [6.07, 6.45) is -0.679. The zero-order chi connectivity index (χ0) is 16.2. The number of hydrogen-bond acceptors (Lipinski definition) is 5. The minimum Gasteiger partial charge on any atom is -0.458 e. The number of ether oxygens (including phenoxy) is 2. The van der Waals surface area contributed by atoms with Gasteiger partial charge in [0.1, 0.15) is 12.2 Å². The lowest BCUT2D eigenvalue weighted by Crippen LogP contribution is -2.34. The first-order chi connectivity index (χ1) is 10.3. The molecule has 5 nitrogen and oxygen atoms in total. The van der Waals surface area contributed by atoms with Crippen LogP contribution in [0.2, 0.25) is 0 Å². The second kappa shape index (κ2) is 5.09. The largest absolute Gasteiger partial charge is 0.458 e. The molecule has 1 N–H and O–H groups in total. The number of carbonyl (C=O) groups excluding carboxylic acids is 2. The van der Waals surface area contributed by atoms with Crippen molar-refractivity contribution < 1.29 is 24.2 Å². The van der Waals surface area contributed by atoms with Crippen molar-refractivity contribution in [3.63, 3.8) is 0 Å². The maximum Gasteiger partial charge on any atom is 0.334 e. The second-order valence-electron chi connectivity index (χ2n) is 6.39. The molecule has 0 spiro atoms. The Balaban J connectivity index is 1.97. The third-order valence-corrected chi connectivity index (χ3v) is 5.08. The number of rotatable bonds is 1. The summed E-state index contributed by atoms with van der Waals surface area (Å²) in [5, 5.41) is 10.4. The molecule has 0 amide bonds. The number of esters is 2. The topological polar surface area (TPSA) is 72.8 Å². The Morgan fingerprint density at radius 1 is 1.32 bits per heavy atom. The lowest BCUT2D eigenvalue weighted by atomic mass is 9.81. The summed E-state index contributed by atoms with van der Waals surface area (Å²) < 4.78 is 10.8. The van der Waals surface area contributed by atoms with Gasteiger partial charge in [0.05, 0.1) is 12.0 Å². The summed E-state index contributed by atoms with van der Waals surface area (Å²) in [4.78, 5) is 23.1. The van der Waals surface area contributed by atoms with E-state index in [4.69, 9.17) is 9.47 Å². The van der Waals surface area contributed by atoms with Gasteiger partial charge in [-0.15, -0.1) is 0 Å². The molecule has 6 atom stereocenters. The molecule has 1 aliphatic heterocycles. The van der Waals surface area contributed by atoms with E-state index < -0.39 is 30.2 Å². The van der Waals surface area contributed by atoms with Crippen LogP contribution in [0.4, 0.5) is 0 Å². The van der Waals surface area contributed by atoms with Crippen LogP contribution in [0.15, 0.2) is 36.5 Å². The van der Waals surface area contributed by atoms with Gasteiger partial charge < -0.3 is 14.6 Å². The van der Waals surface area contributed by atoms with E-state index in [2.05, 4.69) is 19.7 Å². The minimum absolute atomic E-state index is 0.0137. The number of aliphatic hydroxyl groups is 1. The molecular formula is C17H20O5. The average Bonchev–Trinajstić information content (AvgIpc) is 2.85. The highest BCUT2D eigenvalue weighted by molar-refractivity contribution is 5.91. The van der Waals surface area contributed by atoms with E-state index in [9.17, 15) is 14.7 Å². The van der Waals surface area contributed by atoms with Crippen LogP contribution in [0.1, 0.15) is 19.8 Å².